The van der Waals surface area contributed by atoms with Gasteiger partial charge >= 0.3 is 0 Å². The van der Waals surface area contributed by atoms with Crippen LogP contribution in [0.3, 0.4) is 0 Å². The molecule has 1 N–H and O–H groups in total. The van der Waals surface area contributed by atoms with E-state index in [-0.39, 0.29) is 0 Å². The lowest BCUT2D eigenvalue weighted by molar-refractivity contribution is 0.191. The third-order valence-corrected chi connectivity index (χ3v) is 3.82. The molecule has 94 valence electrons. The van der Waals surface area contributed by atoms with Crippen LogP contribution in [0.15, 0.2) is 24.3 Å². The smallest absolute Gasteiger partial charge is 0.0431 e. The Balaban J connectivity index is 1.90. The second-order valence-corrected chi connectivity index (χ2v) is 4.95. The molecule has 1 heterocycles. The molecule has 0 amide bonds. The van der Waals surface area contributed by atoms with Gasteiger partial charge in [0.1, 0.15) is 0 Å². The molecule has 0 fully saturated rings. The van der Waals surface area contributed by atoms with Crippen molar-refractivity contribution in [2.24, 2.45) is 0 Å². The van der Waals surface area contributed by atoms with Crippen molar-refractivity contribution in [2.45, 2.75) is 38.6 Å². The van der Waals surface area contributed by atoms with Gasteiger partial charge in [-0.25, -0.2) is 0 Å². The Labute approximate surface area is 104 Å². The van der Waals surface area contributed by atoms with Gasteiger partial charge in [-0.15, -0.1) is 0 Å². The zero-order valence-electron chi connectivity index (χ0n) is 10.7. The number of hydrogen-bond donors (Lipinski definition) is 1. The van der Waals surface area contributed by atoms with Crippen LogP contribution in [0.25, 0.3) is 0 Å². The van der Waals surface area contributed by atoms with E-state index in [2.05, 4.69) is 36.1 Å². The van der Waals surface area contributed by atoms with E-state index < -0.39 is 0 Å². The third-order valence-electron chi connectivity index (χ3n) is 3.82. The fraction of sp³-hybridized carbons (Fsp3) is 0.600. The quantitative estimate of drug-likeness (QED) is 0.791. The highest BCUT2D eigenvalue weighted by atomic mass is 16.2. The summed E-state index contributed by atoms with van der Waals surface area (Å²) in [4.78, 5) is 2.57. The topological polar surface area (TPSA) is 23.5 Å². The highest BCUT2D eigenvalue weighted by Gasteiger charge is 2.22. The summed E-state index contributed by atoms with van der Waals surface area (Å²) in [6, 6.07) is 9.36. The SMILES string of the molecule is CC1c2ccccc2CCN1CCCCCO. The maximum atomic E-state index is 8.77. The Morgan fingerprint density at radius 1 is 1.24 bits per heavy atom. The molecule has 0 aromatic heterocycles. The number of hydrogen-bond acceptors (Lipinski definition) is 2. The molecule has 1 aromatic rings. The van der Waals surface area contributed by atoms with E-state index in [0.29, 0.717) is 12.6 Å². The van der Waals surface area contributed by atoms with Gasteiger partial charge in [-0.1, -0.05) is 24.3 Å². The van der Waals surface area contributed by atoms with Crippen molar-refractivity contribution in [3.8, 4) is 0 Å². The van der Waals surface area contributed by atoms with Gasteiger partial charge in [0.15, 0.2) is 0 Å². The fourth-order valence-electron chi connectivity index (χ4n) is 2.73. The Hall–Kier alpha value is -0.860. The van der Waals surface area contributed by atoms with Crippen molar-refractivity contribution in [3.63, 3.8) is 0 Å². The summed E-state index contributed by atoms with van der Waals surface area (Å²) in [6.45, 7) is 4.98. The van der Waals surface area contributed by atoms with E-state index in [4.69, 9.17) is 5.11 Å². The van der Waals surface area contributed by atoms with Crippen molar-refractivity contribution < 1.29 is 5.11 Å². The molecule has 2 nitrogen and oxygen atoms in total. The predicted molar refractivity (Wildman–Crippen MR) is 71.1 cm³/mol. The van der Waals surface area contributed by atoms with E-state index in [1.165, 1.54) is 30.5 Å². The standard InChI is InChI=1S/C15H23NO/c1-13-15-8-4-3-7-14(15)9-11-16(13)10-5-2-6-12-17/h3-4,7-8,13,17H,2,5-6,9-12H2,1H3. The number of fused-ring (bicyclic) bond motifs is 1. The second kappa shape index (κ2) is 6.18. The molecule has 2 heteroatoms. The number of nitrogens with zero attached hydrogens (tertiary/aromatic N) is 1. The van der Waals surface area contributed by atoms with Crippen LogP contribution in [0.4, 0.5) is 0 Å². The molecule has 0 saturated heterocycles. The Kier molecular flexibility index (Phi) is 4.57. The van der Waals surface area contributed by atoms with E-state index in [1.54, 1.807) is 0 Å². The van der Waals surface area contributed by atoms with Crippen molar-refractivity contribution >= 4 is 0 Å². The average molecular weight is 233 g/mol. The predicted octanol–water partition coefficient (Wildman–Crippen LogP) is 2.77. The molecule has 0 saturated carbocycles. The van der Waals surface area contributed by atoms with E-state index in [1.807, 2.05) is 0 Å². The summed E-state index contributed by atoms with van der Waals surface area (Å²) in [5.41, 5.74) is 3.02. The van der Waals surface area contributed by atoms with Crippen molar-refractivity contribution in [1.29, 1.82) is 0 Å². The van der Waals surface area contributed by atoms with Gasteiger partial charge < -0.3 is 5.11 Å². The zero-order valence-corrected chi connectivity index (χ0v) is 10.7. The number of unbranched alkanes of at least 4 members (excludes halogenated alkanes) is 2. The molecule has 0 aliphatic carbocycles. The molecule has 1 unspecified atom stereocenters. The summed E-state index contributed by atoms with van der Waals surface area (Å²) in [7, 11) is 0. The number of aliphatic hydroxyl groups excluding tert-OH is 1. The van der Waals surface area contributed by atoms with Gasteiger partial charge in [0.05, 0.1) is 0 Å². The first-order chi connectivity index (χ1) is 8.33. The van der Waals surface area contributed by atoms with E-state index in [0.717, 1.165) is 19.4 Å². The summed E-state index contributed by atoms with van der Waals surface area (Å²) in [5.74, 6) is 0. The molecule has 17 heavy (non-hydrogen) atoms. The average Bonchev–Trinajstić information content (AvgIpc) is 2.37. The van der Waals surface area contributed by atoms with Crippen LogP contribution in [-0.2, 0) is 6.42 Å². The molecule has 0 spiro atoms. The normalized spacial score (nSPS) is 20.2. The lowest BCUT2D eigenvalue weighted by Crippen LogP contribution is -2.34. The van der Waals surface area contributed by atoms with Gasteiger partial charge in [-0.3, -0.25) is 4.90 Å². The van der Waals surface area contributed by atoms with Crippen LogP contribution < -0.4 is 0 Å². The minimum absolute atomic E-state index is 0.332. The lowest BCUT2D eigenvalue weighted by Gasteiger charge is -2.35. The molecular formula is C15H23NO. The second-order valence-electron chi connectivity index (χ2n) is 4.95. The van der Waals surface area contributed by atoms with Crippen LogP contribution >= 0.6 is 0 Å². The Morgan fingerprint density at radius 2 is 2.06 bits per heavy atom. The first-order valence-electron chi connectivity index (χ1n) is 6.75. The maximum absolute atomic E-state index is 8.77. The van der Waals surface area contributed by atoms with Gasteiger partial charge in [0, 0.05) is 19.2 Å². The Morgan fingerprint density at radius 3 is 2.88 bits per heavy atom. The van der Waals surface area contributed by atoms with Gasteiger partial charge in [-0.2, -0.15) is 0 Å². The first kappa shape index (κ1) is 12.6. The van der Waals surface area contributed by atoms with Gasteiger partial charge in [0.2, 0.25) is 0 Å². The molecule has 1 aliphatic heterocycles. The first-order valence-corrected chi connectivity index (χ1v) is 6.75. The van der Waals surface area contributed by atoms with Gasteiger partial charge in [-0.05, 0) is 50.3 Å². The van der Waals surface area contributed by atoms with Crippen LogP contribution in [0.1, 0.15) is 43.4 Å². The fourth-order valence-corrected chi connectivity index (χ4v) is 2.73. The summed E-state index contributed by atoms with van der Waals surface area (Å²) >= 11 is 0. The number of benzene rings is 1. The van der Waals surface area contributed by atoms with Crippen LogP contribution in [-0.4, -0.2) is 29.7 Å². The van der Waals surface area contributed by atoms with Crippen molar-refractivity contribution in [1.82, 2.24) is 4.90 Å². The van der Waals surface area contributed by atoms with Crippen LogP contribution in [0.2, 0.25) is 0 Å². The highest BCUT2D eigenvalue weighted by molar-refractivity contribution is 5.31. The lowest BCUT2D eigenvalue weighted by atomic mass is 9.93. The third kappa shape index (κ3) is 3.08. The van der Waals surface area contributed by atoms with Gasteiger partial charge in [0.25, 0.3) is 0 Å². The Bertz CT molecular complexity index is 351. The molecule has 1 atom stereocenters. The number of aliphatic hydroxyl groups is 1. The van der Waals surface area contributed by atoms with E-state index >= 15 is 0 Å². The minimum Gasteiger partial charge on any atom is -0.396 e. The molecule has 0 bridgehead atoms. The van der Waals surface area contributed by atoms with Crippen molar-refractivity contribution in [2.75, 3.05) is 19.7 Å². The summed E-state index contributed by atoms with van der Waals surface area (Å²) in [5, 5.41) is 8.77. The highest BCUT2D eigenvalue weighted by Crippen LogP contribution is 2.29. The van der Waals surface area contributed by atoms with Crippen molar-refractivity contribution in [3.05, 3.63) is 35.4 Å². The van der Waals surface area contributed by atoms with Crippen LogP contribution in [0, 0.1) is 0 Å². The molecule has 1 aromatic carbocycles. The molecular weight excluding hydrogens is 210 g/mol. The van der Waals surface area contributed by atoms with Crippen LogP contribution in [0.5, 0.6) is 0 Å². The summed E-state index contributed by atoms with van der Waals surface area (Å²) < 4.78 is 0. The molecule has 1 aliphatic rings. The summed E-state index contributed by atoms with van der Waals surface area (Å²) in [6.07, 6.45) is 4.47. The molecule has 0 radical (unpaired) electrons. The zero-order chi connectivity index (χ0) is 12.1. The minimum atomic E-state index is 0.332. The number of rotatable bonds is 5. The van der Waals surface area contributed by atoms with E-state index in [9.17, 15) is 0 Å². The molecule has 2 rings (SSSR count). The maximum Gasteiger partial charge on any atom is 0.0431 e. The monoisotopic (exact) mass is 233 g/mol. The largest absolute Gasteiger partial charge is 0.396 e.